The Morgan fingerprint density at radius 3 is 2.52 bits per heavy atom. The molecule has 2 unspecified atom stereocenters. The Kier molecular flexibility index (Phi) is 6.60. The summed E-state index contributed by atoms with van der Waals surface area (Å²) >= 11 is 12.2. The molecule has 3 saturated heterocycles. The summed E-state index contributed by atoms with van der Waals surface area (Å²) < 4.78 is 32.8. The van der Waals surface area contributed by atoms with Crippen LogP contribution in [0.1, 0.15) is 25.3 Å². The Labute approximate surface area is 194 Å². The fraction of sp³-hybridized carbons (Fsp3) is 0.667. The van der Waals surface area contributed by atoms with Gasteiger partial charge in [0.2, 0.25) is 15.9 Å². The van der Waals surface area contributed by atoms with Crippen LogP contribution < -0.4 is 0 Å². The molecule has 3 fully saturated rings. The van der Waals surface area contributed by atoms with Crippen LogP contribution in [0.2, 0.25) is 10.0 Å². The van der Waals surface area contributed by atoms with Crippen molar-refractivity contribution in [2.75, 3.05) is 45.6 Å². The van der Waals surface area contributed by atoms with Gasteiger partial charge < -0.3 is 9.64 Å². The zero-order chi connectivity index (χ0) is 22.4. The minimum atomic E-state index is -3.46. The third-order valence-electron chi connectivity index (χ3n) is 6.80. The molecule has 0 saturated carbocycles. The number of hydrogen-bond donors (Lipinski definition) is 0. The SMILES string of the molecule is CC12COCC(N3CCCC3)[C@H]1N(C(=O)Cc1ccc(Cl)c(Cl)c1)CCN2S(C)(=O)=O. The average Bonchev–Trinajstić information content (AvgIpc) is 3.22. The highest BCUT2D eigenvalue weighted by molar-refractivity contribution is 7.88. The molecule has 0 spiro atoms. The highest BCUT2D eigenvalue weighted by Gasteiger charge is 2.57. The number of carbonyl (C=O) groups is 1. The van der Waals surface area contributed by atoms with Crippen LogP contribution in [0.4, 0.5) is 0 Å². The zero-order valence-corrected chi connectivity index (χ0v) is 20.2. The highest BCUT2D eigenvalue weighted by atomic mass is 35.5. The van der Waals surface area contributed by atoms with Crippen molar-refractivity contribution in [3.63, 3.8) is 0 Å². The van der Waals surface area contributed by atoms with Gasteiger partial charge in [0.1, 0.15) is 0 Å². The van der Waals surface area contributed by atoms with E-state index in [9.17, 15) is 13.2 Å². The van der Waals surface area contributed by atoms with Crippen LogP contribution in [0.3, 0.4) is 0 Å². The summed E-state index contributed by atoms with van der Waals surface area (Å²) in [4.78, 5) is 17.7. The van der Waals surface area contributed by atoms with Gasteiger partial charge in [0.25, 0.3) is 0 Å². The molecule has 4 rings (SSSR count). The second kappa shape index (κ2) is 8.80. The van der Waals surface area contributed by atoms with E-state index in [-0.39, 0.29) is 37.6 Å². The number of likely N-dealkylation sites (tertiary alicyclic amines) is 1. The van der Waals surface area contributed by atoms with E-state index in [0.29, 0.717) is 23.2 Å². The van der Waals surface area contributed by atoms with Gasteiger partial charge >= 0.3 is 0 Å². The van der Waals surface area contributed by atoms with Crippen molar-refractivity contribution >= 4 is 39.1 Å². The summed E-state index contributed by atoms with van der Waals surface area (Å²) in [6.07, 6.45) is 3.64. The lowest BCUT2D eigenvalue weighted by Crippen LogP contribution is -2.77. The predicted molar refractivity (Wildman–Crippen MR) is 121 cm³/mol. The maximum Gasteiger partial charge on any atom is 0.227 e. The highest BCUT2D eigenvalue weighted by Crippen LogP contribution is 2.38. The lowest BCUT2D eigenvalue weighted by atomic mass is 9.81. The lowest BCUT2D eigenvalue weighted by Gasteiger charge is -2.59. The second-order valence-corrected chi connectivity index (χ2v) is 11.7. The van der Waals surface area contributed by atoms with Crippen molar-refractivity contribution in [2.45, 2.75) is 43.8 Å². The number of carbonyl (C=O) groups excluding carboxylic acids is 1. The first-order valence-electron chi connectivity index (χ1n) is 10.6. The van der Waals surface area contributed by atoms with E-state index in [1.165, 1.54) is 10.6 Å². The van der Waals surface area contributed by atoms with E-state index >= 15 is 0 Å². The molecule has 3 aliphatic heterocycles. The second-order valence-electron chi connectivity index (χ2n) is 8.98. The molecule has 0 aliphatic carbocycles. The number of hydrogen-bond acceptors (Lipinski definition) is 5. The smallest absolute Gasteiger partial charge is 0.227 e. The number of benzene rings is 1. The molecule has 31 heavy (non-hydrogen) atoms. The third-order valence-corrected chi connectivity index (χ3v) is 8.94. The van der Waals surface area contributed by atoms with Crippen molar-refractivity contribution < 1.29 is 17.9 Å². The molecule has 3 heterocycles. The van der Waals surface area contributed by atoms with Gasteiger partial charge in [-0.2, -0.15) is 4.31 Å². The van der Waals surface area contributed by atoms with Gasteiger partial charge in [0, 0.05) is 13.1 Å². The molecule has 3 aliphatic rings. The first-order valence-corrected chi connectivity index (χ1v) is 13.2. The number of piperazine rings is 1. The lowest BCUT2D eigenvalue weighted by molar-refractivity contribution is -0.160. The molecule has 1 aromatic rings. The number of rotatable bonds is 4. The standard InChI is InChI=1S/C21H29Cl2N3O4S/c1-21-14-30-13-18(24-7-3-4-8-24)20(21)25(9-10-26(21)31(2,28)29)19(27)12-15-5-6-16(22)17(23)11-15/h5-6,11,18,20H,3-4,7-10,12-14H2,1-2H3/t18?,20-,21?/m1/s1. The quantitative estimate of drug-likeness (QED) is 0.648. The molecular formula is C21H29Cl2N3O4S. The molecule has 0 N–H and O–H groups in total. The number of amides is 1. The van der Waals surface area contributed by atoms with E-state index in [4.69, 9.17) is 27.9 Å². The van der Waals surface area contributed by atoms with Gasteiger partial charge in [-0.15, -0.1) is 0 Å². The molecule has 0 bridgehead atoms. The third kappa shape index (κ3) is 4.48. The van der Waals surface area contributed by atoms with E-state index in [0.717, 1.165) is 31.5 Å². The van der Waals surface area contributed by atoms with Crippen molar-refractivity contribution in [1.29, 1.82) is 0 Å². The number of halogens is 2. The number of ether oxygens (including phenoxy) is 1. The normalized spacial score (nSPS) is 30.4. The van der Waals surface area contributed by atoms with E-state index in [1.54, 1.807) is 18.2 Å². The van der Waals surface area contributed by atoms with Crippen molar-refractivity contribution in [1.82, 2.24) is 14.1 Å². The molecular weight excluding hydrogens is 461 g/mol. The monoisotopic (exact) mass is 489 g/mol. The van der Waals surface area contributed by atoms with Crippen LogP contribution in [0.5, 0.6) is 0 Å². The van der Waals surface area contributed by atoms with Crippen molar-refractivity contribution in [3.8, 4) is 0 Å². The summed E-state index contributed by atoms with van der Waals surface area (Å²) in [6, 6.07) is 4.90. The van der Waals surface area contributed by atoms with Crippen molar-refractivity contribution in [2.24, 2.45) is 0 Å². The first-order chi connectivity index (χ1) is 14.6. The number of sulfonamides is 1. The summed E-state index contributed by atoms with van der Waals surface area (Å²) in [5, 5.41) is 0.866. The molecule has 172 valence electrons. The van der Waals surface area contributed by atoms with Crippen LogP contribution >= 0.6 is 23.2 Å². The van der Waals surface area contributed by atoms with Gasteiger partial charge in [-0.05, 0) is 50.6 Å². The average molecular weight is 490 g/mol. The van der Waals surface area contributed by atoms with Crippen molar-refractivity contribution in [3.05, 3.63) is 33.8 Å². The van der Waals surface area contributed by atoms with Crippen LogP contribution in [-0.2, 0) is 26.0 Å². The molecule has 7 nitrogen and oxygen atoms in total. The molecule has 1 aromatic carbocycles. The van der Waals surface area contributed by atoms with Crippen LogP contribution in [-0.4, -0.2) is 91.7 Å². The molecule has 0 aromatic heterocycles. The van der Waals surface area contributed by atoms with Gasteiger partial charge in [0.15, 0.2) is 0 Å². The van der Waals surface area contributed by atoms with E-state index in [1.807, 2.05) is 11.8 Å². The van der Waals surface area contributed by atoms with Crippen LogP contribution in [0.25, 0.3) is 0 Å². The number of fused-ring (bicyclic) bond motifs is 1. The summed E-state index contributed by atoms with van der Waals surface area (Å²) in [7, 11) is -3.46. The fourth-order valence-corrected chi connectivity index (χ4v) is 7.11. The van der Waals surface area contributed by atoms with E-state index < -0.39 is 15.6 Å². The Balaban J connectivity index is 1.67. The fourth-order valence-electron chi connectivity index (χ4n) is 5.46. The first kappa shape index (κ1) is 23.3. The van der Waals surface area contributed by atoms with Gasteiger partial charge in [0.05, 0.1) is 53.6 Å². The summed E-state index contributed by atoms with van der Waals surface area (Å²) in [5.41, 5.74) is -0.0265. The molecule has 10 heteroatoms. The summed E-state index contributed by atoms with van der Waals surface area (Å²) in [6.45, 7) is 5.18. The topological polar surface area (TPSA) is 70.2 Å². The number of nitrogens with zero attached hydrogens (tertiary/aromatic N) is 3. The maximum absolute atomic E-state index is 13.5. The van der Waals surface area contributed by atoms with Crippen LogP contribution in [0.15, 0.2) is 18.2 Å². The Hall–Kier alpha value is -0.900. The van der Waals surface area contributed by atoms with Gasteiger partial charge in [-0.1, -0.05) is 29.3 Å². The van der Waals surface area contributed by atoms with Gasteiger partial charge in [-0.25, -0.2) is 8.42 Å². The maximum atomic E-state index is 13.5. The van der Waals surface area contributed by atoms with Crippen LogP contribution in [0, 0.1) is 0 Å². The predicted octanol–water partition coefficient (Wildman–Crippen LogP) is 2.26. The zero-order valence-electron chi connectivity index (χ0n) is 17.9. The Morgan fingerprint density at radius 1 is 1.16 bits per heavy atom. The molecule has 1 amide bonds. The van der Waals surface area contributed by atoms with E-state index in [2.05, 4.69) is 4.90 Å². The summed E-state index contributed by atoms with van der Waals surface area (Å²) in [5.74, 6) is -0.0335. The minimum Gasteiger partial charge on any atom is -0.378 e. The Bertz CT molecular complexity index is 954. The molecule has 3 atom stereocenters. The molecule has 0 radical (unpaired) electrons. The largest absolute Gasteiger partial charge is 0.378 e. The van der Waals surface area contributed by atoms with Gasteiger partial charge in [-0.3, -0.25) is 9.69 Å². The minimum absolute atomic E-state index is 0.0335. The Morgan fingerprint density at radius 2 is 1.87 bits per heavy atom.